The van der Waals surface area contributed by atoms with Gasteiger partial charge in [0.05, 0.1) is 33.3 Å². The average molecular weight is 507 g/mol. The summed E-state index contributed by atoms with van der Waals surface area (Å²) in [6.45, 7) is 2.12. The largest absolute Gasteiger partial charge is 0.507 e. The van der Waals surface area contributed by atoms with Crippen LogP contribution in [0.4, 0.5) is 0 Å². The van der Waals surface area contributed by atoms with Crippen LogP contribution in [0.1, 0.15) is 34.7 Å². The van der Waals surface area contributed by atoms with Gasteiger partial charge in [-0.3, -0.25) is 9.59 Å². The first-order chi connectivity index (χ1) is 17.8. The molecule has 4 rings (SSSR count). The van der Waals surface area contributed by atoms with E-state index in [4.69, 9.17) is 14.2 Å². The Morgan fingerprint density at radius 2 is 1.73 bits per heavy atom. The smallest absolute Gasteiger partial charge is 0.306 e. The number of hydrogen-bond donors (Lipinski definition) is 3. The summed E-state index contributed by atoms with van der Waals surface area (Å²) in [5, 5.41) is 22.4. The van der Waals surface area contributed by atoms with Crippen molar-refractivity contribution >= 4 is 16.9 Å². The number of aromatic nitrogens is 2. The number of nitrogens with zero attached hydrogens (tertiary/aromatic N) is 1. The number of methoxy groups -OCH3 is 3. The number of phenolic OH excluding ortho intramolecular Hbond substituents is 1. The lowest BCUT2D eigenvalue weighted by Gasteiger charge is -2.22. The highest BCUT2D eigenvalue weighted by atomic mass is 16.5. The van der Waals surface area contributed by atoms with Gasteiger partial charge in [-0.25, -0.2) is 0 Å². The number of rotatable bonds is 9. The van der Waals surface area contributed by atoms with Crippen LogP contribution < -0.4 is 15.0 Å². The van der Waals surface area contributed by atoms with E-state index in [1.807, 2.05) is 30.5 Å². The van der Waals surface area contributed by atoms with Crippen LogP contribution in [0.15, 0.2) is 53.5 Å². The first-order valence-electron chi connectivity index (χ1n) is 11.8. The van der Waals surface area contributed by atoms with Crippen molar-refractivity contribution in [1.82, 2.24) is 9.55 Å². The lowest BCUT2D eigenvalue weighted by atomic mass is 9.87. The van der Waals surface area contributed by atoms with Crippen molar-refractivity contribution in [2.45, 2.75) is 32.2 Å². The minimum atomic E-state index is -0.886. The number of esters is 1. The molecule has 0 aliphatic carbocycles. The molecule has 1 atom stereocenters. The maximum absolute atomic E-state index is 13.8. The number of fused-ring (bicyclic) bond motifs is 1. The highest BCUT2D eigenvalue weighted by molar-refractivity contribution is 5.83. The second kappa shape index (κ2) is 10.7. The van der Waals surface area contributed by atoms with Gasteiger partial charge in [0.25, 0.3) is 5.56 Å². The quantitative estimate of drug-likeness (QED) is 0.293. The van der Waals surface area contributed by atoms with E-state index >= 15 is 0 Å². The number of phenols is 1. The molecule has 37 heavy (non-hydrogen) atoms. The number of hydrogen-bond acceptors (Lipinski definition) is 7. The van der Waals surface area contributed by atoms with Gasteiger partial charge in [-0.15, -0.1) is 0 Å². The zero-order valence-corrected chi connectivity index (χ0v) is 21.2. The van der Waals surface area contributed by atoms with Crippen molar-refractivity contribution in [3.63, 3.8) is 0 Å². The first-order valence-corrected chi connectivity index (χ1v) is 11.8. The summed E-state index contributed by atoms with van der Waals surface area (Å²) in [5.41, 5.74) is 2.74. The first kappa shape index (κ1) is 25.7. The standard InChI is InChI=1S/C28H30N2O7/c1-16-11-22(31)26(28(34)30(16)10-9-17-15-29-21-8-6-5-7-19(17)21)20(14-25(32)37-4)18-12-23(35-2)27(33)24(13-18)36-3/h5-8,11-13,15,20,29,31,33H,9-10,14H2,1-4H3/t20-/m1/s1. The predicted octanol–water partition coefficient (Wildman–Crippen LogP) is 4.00. The van der Waals surface area contributed by atoms with Crippen molar-refractivity contribution < 1.29 is 29.2 Å². The second-order valence-electron chi connectivity index (χ2n) is 8.76. The minimum absolute atomic E-state index is 0.0460. The maximum atomic E-state index is 13.8. The van der Waals surface area contributed by atoms with Gasteiger partial charge in [0.1, 0.15) is 5.75 Å². The Morgan fingerprint density at radius 1 is 1.05 bits per heavy atom. The highest BCUT2D eigenvalue weighted by Gasteiger charge is 2.28. The molecule has 0 aliphatic rings. The number of pyridine rings is 1. The van der Waals surface area contributed by atoms with Crippen molar-refractivity contribution in [1.29, 1.82) is 0 Å². The van der Waals surface area contributed by atoms with Gasteiger partial charge in [0.2, 0.25) is 5.75 Å². The fourth-order valence-electron chi connectivity index (χ4n) is 4.70. The van der Waals surface area contributed by atoms with Crippen LogP contribution in [0, 0.1) is 6.92 Å². The zero-order chi connectivity index (χ0) is 26.7. The zero-order valence-electron chi connectivity index (χ0n) is 21.2. The number of aromatic hydroxyl groups is 2. The second-order valence-corrected chi connectivity index (χ2v) is 8.76. The number of para-hydroxylation sites is 1. The summed E-state index contributed by atoms with van der Waals surface area (Å²) in [5.74, 6) is -1.68. The Balaban J connectivity index is 1.81. The van der Waals surface area contributed by atoms with Gasteiger partial charge in [0.15, 0.2) is 11.5 Å². The van der Waals surface area contributed by atoms with E-state index in [1.165, 1.54) is 39.5 Å². The Morgan fingerprint density at radius 3 is 2.38 bits per heavy atom. The molecule has 0 unspecified atom stereocenters. The molecule has 9 heteroatoms. The van der Waals surface area contributed by atoms with Crippen molar-refractivity contribution in [2.24, 2.45) is 0 Å². The van der Waals surface area contributed by atoms with Crippen LogP contribution in [0.2, 0.25) is 0 Å². The number of nitrogens with one attached hydrogen (secondary N) is 1. The topological polar surface area (TPSA) is 123 Å². The molecule has 0 fully saturated rings. The van der Waals surface area contributed by atoms with E-state index in [-0.39, 0.29) is 35.0 Å². The lowest BCUT2D eigenvalue weighted by Crippen LogP contribution is -2.29. The van der Waals surface area contributed by atoms with Crippen LogP contribution >= 0.6 is 0 Å². The van der Waals surface area contributed by atoms with Gasteiger partial charge >= 0.3 is 5.97 Å². The van der Waals surface area contributed by atoms with Gasteiger partial charge in [-0.1, -0.05) is 18.2 Å². The monoisotopic (exact) mass is 506 g/mol. The Hall–Kier alpha value is -4.40. The fourth-order valence-corrected chi connectivity index (χ4v) is 4.70. The minimum Gasteiger partial charge on any atom is -0.507 e. The molecular formula is C28H30N2O7. The summed E-state index contributed by atoms with van der Waals surface area (Å²) in [6.07, 6.45) is 2.29. The summed E-state index contributed by atoms with van der Waals surface area (Å²) in [6, 6.07) is 12.5. The molecule has 9 nitrogen and oxygen atoms in total. The SMILES string of the molecule is COC(=O)C[C@H](c1cc(OC)c(O)c(OC)c1)c1c(O)cc(C)n(CCc2c[nH]c3ccccc23)c1=O. The van der Waals surface area contributed by atoms with Gasteiger partial charge in [-0.05, 0) is 48.7 Å². The molecule has 0 bridgehead atoms. The van der Waals surface area contributed by atoms with E-state index in [2.05, 4.69) is 4.98 Å². The van der Waals surface area contributed by atoms with Crippen LogP contribution in [-0.4, -0.2) is 47.1 Å². The Kier molecular flexibility index (Phi) is 7.42. The van der Waals surface area contributed by atoms with Crippen LogP contribution in [0.5, 0.6) is 23.0 Å². The highest BCUT2D eigenvalue weighted by Crippen LogP contribution is 2.42. The van der Waals surface area contributed by atoms with Crippen LogP contribution in [0.25, 0.3) is 10.9 Å². The van der Waals surface area contributed by atoms with Gasteiger partial charge < -0.3 is 34.0 Å². The van der Waals surface area contributed by atoms with Crippen molar-refractivity contribution in [3.8, 4) is 23.0 Å². The summed E-state index contributed by atoms with van der Waals surface area (Å²) in [7, 11) is 4.02. The number of aromatic amines is 1. The maximum Gasteiger partial charge on any atom is 0.306 e. The van der Waals surface area contributed by atoms with E-state index in [0.717, 1.165) is 16.5 Å². The van der Waals surface area contributed by atoms with Gasteiger partial charge in [0, 0.05) is 35.3 Å². The molecule has 2 heterocycles. The number of H-pyrrole nitrogens is 1. The summed E-state index contributed by atoms with van der Waals surface area (Å²) >= 11 is 0. The molecule has 0 amide bonds. The Bertz CT molecular complexity index is 1480. The predicted molar refractivity (Wildman–Crippen MR) is 139 cm³/mol. The molecule has 3 N–H and O–H groups in total. The van der Waals surface area contributed by atoms with E-state index in [1.54, 1.807) is 11.5 Å². The van der Waals surface area contributed by atoms with E-state index in [9.17, 15) is 19.8 Å². The van der Waals surface area contributed by atoms with Crippen LogP contribution in [0.3, 0.4) is 0 Å². The van der Waals surface area contributed by atoms with E-state index < -0.39 is 17.4 Å². The molecule has 2 aromatic carbocycles. The molecule has 0 saturated heterocycles. The number of carbonyl (C=O) groups excluding carboxylic acids is 1. The molecule has 0 spiro atoms. The number of benzene rings is 2. The number of ether oxygens (including phenoxy) is 3. The molecule has 2 aromatic heterocycles. The number of carbonyl (C=O) groups is 1. The molecule has 0 saturated carbocycles. The van der Waals surface area contributed by atoms with Crippen molar-refractivity contribution in [3.05, 3.63) is 81.4 Å². The lowest BCUT2D eigenvalue weighted by molar-refractivity contribution is -0.140. The third-order valence-corrected chi connectivity index (χ3v) is 6.65. The normalized spacial score (nSPS) is 11.9. The third kappa shape index (κ3) is 4.97. The summed E-state index contributed by atoms with van der Waals surface area (Å²) < 4.78 is 17.0. The molecule has 0 aliphatic heterocycles. The van der Waals surface area contributed by atoms with Gasteiger partial charge in [-0.2, -0.15) is 0 Å². The molecular weight excluding hydrogens is 476 g/mol. The third-order valence-electron chi connectivity index (χ3n) is 6.65. The fraction of sp³-hybridized carbons (Fsp3) is 0.286. The molecule has 0 radical (unpaired) electrons. The molecule has 194 valence electrons. The Labute approximate surface area is 213 Å². The summed E-state index contributed by atoms with van der Waals surface area (Å²) in [4.78, 5) is 29.5. The van der Waals surface area contributed by atoms with Crippen LogP contribution in [-0.2, 0) is 22.5 Å². The average Bonchev–Trinajstić information content (AvgIpc) is 3.31. The molecule has 4 aromatic rings. The van der Waals surface area contributed by atoms with E-state index in [0.29, 0.717) is 24.2 Å². The number of aryl methyl sites for hydroxylation is 2. The van der Waals surface area contributed by atoms with Crippen molar-refractivity contribution in [2.75, 3.05) is 21.3 Å².